The SMILES string of the molecule is Cc1cccc(C(=O)N2CCc3ccc(CNS(=O)(=O)c4ccc(Cl)cc4)cc32)c1. The van der Waals surface area contributed by atoms with Crippen LogP contribution >= 0.6 is 11.6 Å². The number of amides is 1. The van der Waals surface area contributed by atoms with E-state index in [0.717, 1.165) is 28.8 Å². The molecule has 5 nitrogen and oxygen atoms in total. The number of rotatable bonds is 5. The highest BCUT2D eigenvalue weighted by molar-refractivity contribution is 7.89. The maximum atomic E-state index is 13.0. The van der Waals surface area contributed by atoms with E-state index >= 15 is 0 Å². The topological polar surface area (TPSA) is 66.5 Å². The second kappa shape index (κ2) is 8.22. The van der Waals surface area contributed by atoms with Gasteiger partial charge in [-0.05, 0) is 66.9 Å². The molecule has 30 heavy (non-hydrogen) atoms. The molecule has 1 heterocycles. The predicted molar refractivity (Wildman–Crippen MR) is 118 cm³/mol. The van der Waals surface area contributed by atoms with Gasteiger partial charge in [0.15, 0.2) is 0 Å². The summed E-state index contributed by atoms with van der Waals surface area (Å²) in [6, 6.07) is 19.3. The van der Waals surface area contributed by atoms with Crippen molar-refractivity contribution in [3.05, 3.63) is 94.0 Å². The summed E-state index contributed by atoms with van der Waals surface area (Å²) < 4.78 is 27.7. The van der Waals surface area contributed by atoms with Gasteiger partial charge in [-0.2, -0.15) is 0 Å². The van der Waals surface area contributed by atoms with Crippen molar-refractivity contribution in [2.24, 2.45) is 0 Å². The Morgan fingerprint density at radius 1 is 1.07 bits per heavy atom. The van der Waals surface area contributed by atoms with Gasteiger partial charge in [0.2, 0.25) is 10.0 Å². The molecule has 154 valence electrons. The van der Waals surface area contributed by atoms with E-state index in [2.05, 4.69) is 4.72 Å². The van der Waals surface area contributed by atoms with Crippen molar-refractivity contribution in [1.29, 1.82) is 0 Å². The first-order chi connectivity index (χ1) is 14.3. The number of nitrogens with zero attached hydrogens (tertiary/aromatic N) is 1. The molecule has 0 spiro atoms. The van der Waals surface area contributed by atoms with E-state index < -0.39 is 10.0 Å². The Hall–Kier alpha value is -2.67. The molecule has 1 N–H and O–H groups in total. The Kier molecular flexibility index (Phi) is 5.64. The number of carbonyl (C=O) groups excluding carboxylic acids is 1. The molecule has 0 aliphatic carbocycles. The molecule has 0 saturated heterocycles. The van der Waals surface area contributed by atoms with E-state index in [1.54, 1.807) is 17.0 Å². The highest BCUT2D eigenvalue weighted by Gasteiger charge is 2.26. The Labute approximate surface area is 181 Å². The number of hydrogen-bond donors (Lipinski definition) is 1. The summed E-state index contributed by atoms with van der Waals surface area (Å²) in [5.74, 6) is -0.0451. The summed E-state index contributed by atoms with van der Waals surface area (Å²) in [6.45, 7) is 2.70. The largest absolute Gasteiger partial charge is 0.308 e. The van der Waals surface area contributed by atoms with Gasteiger partial charge < -0.3 is 4.90 Å². The van der Waals surface area contributed by atoms with Crippen LogP contribution in [-0.4, -0.2) is 20.9 Å². The average molecular weight is 441 g/mol. The summed E-state index contributed by atoms with van der Waals surface area (Å²) in [5, 5.41) is 0.478. The Balaban J connectivity index is 1.53. The van der Waals surface area contributed by atoms with Gasteiger partial charge in [0, 0.05) is 29.4 Å². The van der Waals surface area contributed by atoms with Crippen molar-refractivity contribution < 1.29 is 13.2 Å². The van der Waals surface area contributed by atoms with Crippen molar-refractivity contribution in [3.63, 3.8) is 0 Å². The molecule has 0 fully saturated rings. The van der Waals surface area contributed by atoms with Crippen LogP contribution in [0.25, 0.3) is 0 Å². The molecule has 1 amide bonds. The molecule has 3 aromatic carbocycles. The number of sulfonamides is 1. The molecule has 0 radical (unpaired) electrons. The Morgan fingerprint density at radius 3 is 2.57 bits per heavy atom. The van der Waals surface area contributed by atoms with Crippen LogP contribution in [0, 0.1) is 6.92 Å². The minimum absolute atomic E-state index is 0.0451. The second-order valence-corrected chi connectivity index (χ2v) is 9.52. The molecule has 3 aromatic rings. The van der Waals surface area contributed by atoms with Crippen molar-refractivity contribution in [1.82, 2.24) is 4.72 Å². The molecule has 0 unspecified atom stereocenters. The van der Waals surface area contributed by atoms with Crippen molar-refractivity contribution >= 4 is 33.2 Å². The third kappa shape index (κ3) is 4.26. The number of benzene rings is 3. The fraction of sp³-hybridized carbons (Fsp3) is 0.174. The van der Waals surface area contributed by atoms with Crippen LogP contribution in [-0.2, 0) is 23.0 Å². The number of halogens is 1. The van der Waals surface area contributed by atoms with Gasteiger partial charge >= 0.3 is 0 Å². The monoisotopic (exact) mass is 440 g/mol. The molecule has 0 bridgehead atoms. The summed E-state index contributed by atoms with van der Waals surface area (Å²) in [6.07, 6.45) is 0.781. The van der Waals surface area contributed by atoms with Gasteiger partial charge in [0.05, 0.1) is 4.90 Å². The smallest absolute Gasteiger partial charge is 0.258 e. The van der Waals surface area contributed by atoms with Crippen LogP contribution in [0.15, 0.2) is 71.6 Å². The van der Waals surface area contributed by atoms with Crippen LogP contribution in [0.4, 0.5) is 5.69 Å². The highest BCUT2D eigenvalue weighted by Crippen LogP contribution is 2.30. The van der Waals surface area contributed by atoms with E-state index in [1.807, 2.05) is 49.4 Å². The Morgan fingerprint density at radius 2 is 1.83 bits per heavy atom. The lowest BCUT2D eigenvalue weighted by atomic mass is 10.1. The molecule has 1 aliphatic rings. The maximum Gasteiger partial charge on any atom is 0.258 e. The minimum atomic E-state index is -3.66. The number of nitrogens with one attached hydrogen (secondary N) is 1. The first-order valence-electron chi connectivity index (χ1n) is 9.59. The summed E-state index contributed by atoms with van der Waals surface area (Å²) in [7, 11) is -3.66. The van der Waals surface area contributed by atoms with Crippen molar-refractivity contribution in [2.45, 2.75) is 24.8 Å². The lowest BCUT2D eigenvalue weighted by Gasteiger charge is -2.18. The maximum absolute atomic E-state index is 13.0. The summed E-state index contributed by atoms with van der Waals surface area (Å²) in [4.78, 5) is 14.9. The van der Waals surface area contributed by atoms with Crippen LogP contribution in [0.2, 0.25) is 5.02 Å². The Bertz CT molecular complexity index is 1210. The van der Waals surface area contributed by atoms with E-state index in [1.165, 1.54) is 12.1 Å². The number of fused-ring (bicyclic) bond motifs is 1. The molecule has 1 aliphatic heterocycles. The zero-order chi connectivity index (χ0) is 21.3. The van der Waals surface area contributed by atoms with Crippen LogP contribution < -0.4 is 9.62 Å². The lowest BCUT2D eigenvalue weighted by Crippen LogP contribution is -2.29. The standard InChI is InChI=1S/C23H21ClN2O3S/c1-16-3-2-4-19(13-16)23(27)26-12-11-18-6-5-17(14-22(18)26)15-25-30(28,29)21-9-7-20(24)8-10-21/h2-10,13-14,25H,11-12,15H2,1H3. The van der Waals surface area contributed by atoms with Crippen molar-refractivity contribution in [3.8, 4) is 0 Å². The average Bonchev–Trinajstić information content (AvgIpc) is 3.15. The van der Waals surface area contributed by atoms with E-state index in [9.17, 15) is 13.2 Å². The zero-order valence-electron chi connectivity index (χ0n) is 16.4. The van der Waals surface area contributed by atoms with Crippen molar-refractivity contribution in [2.75, 3.05) is 11.4 Å². The second-order valence-electron chi connectivity index (χ2n) is 7.32. The molecule has 0 aromatic heterocycles. The van der Waals surface area contributed by atoms with Gasteiger partial charge in [0.1, 0.15) is 0 Å². The van der Waals surface area contributed by atoms with E-state index in [-0.39, 0.29) is 17.3 Å². The summed E-state index contributed by atoms with van der Waals surface area (Å²) >= 11 is 5.83. The molecule has 0 saturated carbocycles. The van der Waals surface area contributed by atoms with Gasteiger partial charge in [-0.3, -0.25) is 4.79 Å². The molecular formula is C23H21ClN2O3S. The predicted octanol–water partition coefficient (Wildman–Crippen LogP) is 4.33. The molecule has 4 rings (SSSR count). The van der Waals surface area contributed by atoms with Crippen LogP contribution in [0.3, 0.4) is 0 Å². The highest BCUT2D eigenvalue weighted by atomic mass is 35.5. The van der Waals surface area contributed by atoms with E-state index in [0.29, 0.717) is 17.1 Å². The lowest BCUT2D eigenvalue weighted by molar-refractivity contribution is 0.0989. The molecular weight excluding hydrogens is 420 g/mol. The van der Waals surface area contributed by atoms with Crippen LogP contribution in [0.1, 0.15) is 27.0 Å². The normalized spacial score (nSPS) is 13.3. The fourth-order valence-electron chi connectivity index (χ4n) is 3.56. The number of aryl methyl sites for hydroxylation is 1. The molecule has 0 atom stereocenters. The first kappa shape index (κ1) is 20.6. The first-order valence-corrected chi connectivity index (χ1v) is 11.5. The third-order valence-electron chi connectivity index (χ3n) is 5.15. The zero-order valence-corrected chi connectivity index (χ0v) is 18.0. The number of anilines is 1. The van der Waals surface area contributed by atoms with Crippen LogP contribution in [0.5, 0.6) is 0 Å². The third-order valence-corrected chi connectivity index (χ3v) is 6.81. The minimum Gasteiger partial charge on any atom is -0.308 e. The number of carbonyl (C=O) groups is 1. The quantitative estimate of drug-likeness (QED) is 0.642. The van der Waals surface area contributed by atoms with Gasteiger partial charge in [0.25, 0.3) is 5.91 Å². The van der Waals surface area contributed by atoms with Gasteiger partial charge in [-0.15, -0.1) is 0 Å². The van der Waals surface area contributed by atoms with Gasteiger partial charge in [-0.1, -0.05) is 41.4 Å². The van der Waals surface area contributed by atoms with Gasteiger partial charge in [-0.25, -0.2) is 13.1 Å². The molecule has 7 heteroatoms. The summed E-state index contributed by atoms with van der Waals surface area (Å²) in [5.41, 5.74) is 4.39. The van der Waals surface area contributed by atoms with E-state index in [4.69, 9.17) is 11.6 Å². The fourth-order valence-corrected chi connectivity index (χ4v) is 4.70. The number of hydrogen-bond acceptors (Lipinski definition) is 3.